The highest BCUT2D eigenvalue weighted by Gasteiger charge is 2.17. The number of nitrogens with one attached hydrogen (secondary N) is 3. The monoisotopic (exact) mass is 555 g/mol. The number of rotatable bonds is 9. The number of anilines is 2. The first-order valence-electron chi connectivity index (χ1n) is 12.3. The van der Waals surface area contributed by atoms with Crippen LogP contribution in [0.25, 0.3) is 6.08 Å². The summed E-state index contributed by atoms with van der Waals surface area (Å²) in [6, 6.07) is 23.8. The Morgan fingerprint density at radius 3 is 2.18 bits per heavy atom. The molecule has 3 N–H and O–H groups in total. The summed E-state index contributed by atoms with van der Waals surface area (Å²) in [6.07, 6.45) is 1.65. The Labute approximate surface area is 236 Å². The molecule has 0 saturated carbocycles. The van der Waals surface area contributed by atoms with Crippen LogP contribution in [-0.4, -0.2) is 23.0 Å². The summed E-state index contributed by atoms with van der Waals surface area (Å²) in [5.41, 5.74) is 4.96. The molecule has 1 atom stereocenters. The standard InChI is InChI=1S/C31H29N3O3S2/c1-20-15-21(2)17-26(16-20)33-29(35)22(3)39-27-11-9-25(10-12-27)32-31(37)28(18-23-13-14-38-19-23)34-30(36)24-7-5-4-6-8-24/h4-19,22H,1-3H3,(H,32,37)(H,33,35)(H,34,36)/b28-18-. The van der Waals surface area contributed by atoms with Crippen molar-refractivity contribution >= 4 is 58.3 Å². The molecule has 3 aromatic carbocycles. The van der Waals surface area contributed by atoms with Gasteiger partial charge in [0.2, 0.25) is 5.91 Å². The van der Waals surface area contributed by atoms with E-state index in [1.165, 1.54) is 23.1 Å². The summed E-state index contributed by atoms with van der Waals surface area (Å²) in [5, 5.41) is 12.0. The second kappa shape index (κ2) is 13.1. The first kappa shape index (κ1) is 27.9. The van der Waals surface area contributed by atoms with Gasteiger partial charge in [0.05, 0.1) is 5.25 Å². The fourth-order valence-electron chi connectivity index (χ4n) is 3.83. The second-order valence-corrected chi connectivity index (χ2v) is 11.2. The van der Waals surface area contributed by atoms with Crippen LogP contribution in [0.3, 0.4) is 0 Å². The fourth-order valence-corrected chi connectivity index (χ4v) is 5.32. The predicted molar refractivity (Wildman–Crippen MR) is 161 cm³/mol. The van der Waals surface area contributed by atoms with E-state index in [9.17, 15) is 14.4 Å². The van der Waals surface area contributed by atoms with Crippen LogP contribution in [0.4, 0.5) is 11.4 Å². The van der Waals surface area contributed by atoms with E-state index in [1.807, 2.05) is 67.9 Å². The lowest BCUT2D eigenvalue weighted by molar-refractivity contribution is -0.115. The fraction of sp³-hybridized carbons (Fsp3) is 0.129. The van der Waals surface area contributed by atoms with Crippen molar-refractivity contribution in [2.75, 3.05) is 10.6 Å². The summed E-state index contributed by atoms with van der Waals surface area (Å²) in [5.74, 6) is -0.890. The van der Waals surface area contributed by atoms with E-state index in [-0.39, 0.29) is 22.8 Å². The van der Waals surface area contributed by atoms with Gasteiger partial charge in [0, 0.05) is 21.8 Å². The minimum Gasteiger partial charge on any atom is -0.325 e. The van der Waals surface area contributed by atoms with Gasteiger partial charge in [-0.2, -0.15) is 11.3 Å². The Kier molecular flexibility index (Phi) is 9.35. The first-order valence-corrected chi connectivity index (χ1v) is 14.2. The Morgan fingerprint density at radius 1 is 0.846 bits per heavy atom. The van der Waals surface area contributed by atoms with Crippen LogP contribution in [-0.2, 0) is 9.59 Å². The first-order chi connectivity index (χ1) is 18.8. The molecular weight excluding hydrogens is 526 g/mol. The zero-order valence-electron chi connectivity index (χ0n) is 21.9. The molecule has 8 heteroatoms. The van der Waals surface area contributed by atoms with E-state index in [2.05, 4.69) is 22.0 Å². The van der Waals surface area contributed by atoms with Crippen molar-refractivity contribution in [2.45, 2.75) is 30.9 Å². The smallest absolute Gasteiger partial charge is 0.272 e. The van der Waals surface area contributed by atoms with Gasteiger partial charge in [-0.05, 0) is 109 Å². The molecular formula is C31H29N3O3S2. The Morgan fingerprint density at radius 2 is 1.54 bits per heavy atom. The summed E-state index contributed by atoms with van der Waals surface area (Å²) in [7, 11) is 0. The molecule has 0 aliphatic rings. The average Bonchev–Trinajstić information content (AvgIpc) is 3.42. The van der Waals surface area contributed by atoms with Crippen LogP contribution in [0.2, 0.25) is 0 Å². The maximum absolute atomic E-state index is 13.1. The van der Waals surface area contributed by atoms with Gasteiger partial charge < -0.3 is 16.0 Å². The van der Waals surface area contributed by atoms with Crippen molar-refractivity contribution in [3.8, 4) is 0 Å². The average molecular weight is 556 g/mol. The Hall–Kier alpha value is -4.14. The molecule has 1 heterocycles. The van der Waals surface area contributed by atoms with Crippen LogP contribution in [0.15, 0.2) is 100 Å². The molecule has 0 saturated heterocycles. The molecule has 1 aromatic heterocycles. The number of benzene rings is 3. The van der Waals surface area contributed by atoms with Gasteiger partial charge in [-0.15, -0.1) is 11.8 Å². The summed E-state index contributed by atoms with van der Waals surface area (Å²) < 4.78 is 0. The van der Waals surface area contributed by atoms with Crippen molar-refractivity contribution < 1.29 is 14.4 Å². The van der Waals surface area contributed by atoms with E-state index >= 15 is 0 Å². The zero-order chi connectivity index (χ0) is 27.8. The number of thiophene rings is 1. The quantitative estimate of drug-likeness (QED) is 0.155. The molecule has 0 spiro atoms. The minimum absolute atomic E-state index is 0.0836. The molecule has 6 nitrogen and oxygen atoms in total. The van der Waals surface area contributed by atoms with Gasteiger partial charge in [0.25, 0.3) is 11.8 Å². The third-order valence-electron chi connectivity index (χ3n) is 5.67. The number of carbonyl (C=O) groups is 3. The summed E-state index contributed by atoms with van der Waals surface area (Å²) in [4.78, 5) is 39.5. The van der Waals surface area contributed by atoms with Gasteiger partial charge in [0.1, 0.15) is 5.70 Å². The van der Waals surface area contributed by atoms with Crippen LogP contribution in [0.1, 0.15) is 34.0 Å². The topological polar surface area (TPSA) is 87.3 Å². The number of aryl methyl sites for hydroxylation is 2. The van der Waals surface area contributed by atoms with Crippen LogP contribution < -0.4 is 16.0 Å². The number of hydrogen-bond donors (Lipinski definition) is 3. The van der Waals surface area contributed by atoms with E-state index in [1.54, 1.807) is 42.5 Å². The Balaban J connectivity index is 1.39. The summed E-state index contributed by atoms with van der Waals surface area (Å²) >= 11 is 2.93. The van der Waals surface area contributed by atoms with E-state index in [0.717, 1.165) is 27.3 Å². The third-order valence-corrected chi connectivity index (χ3v) is 7.48. The van der Waals surface area contributed by atoms with E-state index in [4.69, 9.17) is 0 Å². The number of amides is 3. The molecule has 0 aliphatic heterocycles. The minimum atomic E-state index is -0.438. The van der Waals surface area contributed by atoms with Gasteiger partial charge in [-0.1, -0.05) is 24.3 Å². The molecule has 0 radical (unpaired) electrons. The SMILES string of the molecule is Cc1cc(C)cc(NC(=O)C(C)Sc2ccc(NC(=O)/C(=C/c3ccsc3)NC(=O)c3ccccc3)cc2)c1. The van der Waals surface area contributed by atoms with E-state index in [0.29, 0.717) is 11.3 Å². The van der Waals surface area contributed by atoms with Crippen LogP contribution in [0, 0.1) is 13.8 Å². The van der Waals surface area contributed by atoms with Gasteiger partial charge in [-0.3, -0.25) is 14.4 Å². The number of carbonyl (C=O) groups excluding carboxylic acids is 3. The van der Waals surface area contributed by atoms with Gasteiger partial charge >= 0.3 is 0 Å². The lowest BCUT2D eigenvalue weighted by atomic mass is 10.1. The maximum atomic E-state index is 13.1. The van der Waals surface area contributed by atoms with Crippen LogP contribution >= 0.6 is 23.1 Å². The van der Waals surface area contributed by atoms with Crippen molar-refractivity contribution in [2.24, 2.45) is 0 Å². The van der Waals surface area contributed by atoms with Crippen molar-refractivity contribution in [1.29, 1.82) is 0 Å². The molecule has 198 valence electrons. The predicted octanol–water partition coefficient (Wildman–Crippen LogP) is 6.89. The third kappa shape index (κ3) is 8.17. The largest absolute Gasteiger partial charge is 0.325 e. The molecule has 39 heavy (non-hydrogen) atoms. The zero-order valence-corrected chi connectivity index (χ0v) is 23.5. The van der Waals surface area contributed by atoms with E-state index < -0.39 is 5.91 Å². The molecule has 1 unspecified atom stereocenters. The van der Waals surface area contributed by atoms with Gasteiger partial charge in [0.15, 0.2) is 0 Å². The maximum Gasteiger partial charge on any atom is 0.272 e. The summed E-state index contributed by atoms with van der Waals surface area (Å²) in [6.45, 7) is 5.85. The van der Waals surface area contributed by atoms with Crippen LogP contribution in [0.5, 0.6) is 0 Å². The molecule has 0 bridgehead atoms. The highest BCUT2D eigenvalue weighted by atomic mass is 32.2. The lowest BCUT2D eigenvalue weighted by Crippen LogP contribution is -2.30. The van der Waals surface area contributed by atoms with Crippen molar-refractivity contribution in [3.05, 3.63) is 118 Å². The van der Waals surface area contributed by atoms with Gasteiger partial charge in [-0.25, -0.2) is 0 Å². The lowest BCUT2D eigenvalue weighted by Gasteiger charge is -2.14. The second-order valence-electron chi connectivity index (χ2n) is 9.04. The molecule has 0 aliphatic carbocycles. The van der Waals surface area contributed by atoms with Crippen molar-refractivity contribution in [1.82, 2.24) is 5.32 Å². The Bertz CT molecular complexity index is 1460. The highest BCUT2D eigenvalue weighted by Crippen LogP contribution is 2.26. The number of hydrogen-bond acceptors (Lipinski definition) is 5. The molecule has 0 fully saturated rings. The number of thioether (sulfide) groups is 1. The molecule has 4 rings (SSSR count). The normalized spacial score (nSPS) is 11.9. The molecule has 3 amide bonds. The highest BCUT2D eigenvalue weighted by molar-refractivity contribution is 8.00. The van der Waals surface area contributed by atoms with Crippen molar-refractivity contribution in [3.63, 3.8) is 0 Å². The molecule has 4 aromatic rings.